The van der Waals surface area contributed by atoms with E-state index in [0.29, 0.717) is 10.4 Å². The molecule has 7 nitrogen and oxygen atoms in total. The molecule has 0 radical (unpaired) electrons. The van der Waals surface area contributed by atoms with Crippen LogP contribution in [0, 0.1) is 0 Å². The molecule has 0 saturated carbocycles. The van der Waals surface area contributed by atoms with Crippen LogP contribution < -0.4 is 10.5 Å². The van der Waals surface area contributed by atoms with E-state index in [-0.39, 0.29) is 0 Å². The first-order valence-corrected chi connectivity index (χ1v) is 5.88. The number of likely N-dealkylation sites (N-methyl/N-ethyl adjacent to an activating group) is 1. The molecule has 1 aromatic heterocycles. The molecule has 0 amide bonds. The number of rotatable bonds is 3. The van der Waals surface area contributed by atoms with E-state index in [2.05, 4.69) is 10.00 Å². The average molecular weight is 270 g/mol. The molecule has 0 bridgehead atoms. The molecule has 1 aromatic rings. The molecule has 0 aromatic carbocycles. The summed E-state index contributed by atoms with van der Waals surface area (Å²) in [7, 11) is 2.01. The number of carboxylic acids is 1. The summed E-state index contributed by atoms with van der Waals surface area (Å²) in [5, 5.41) is 12.1. The Morgan fingerprint density at radius 1 is 1.42 bits per heavy atom. The van der Waals surface area contributed by atoms with Gasteiger partial charge in [0.2, 0.25) is 0 Å². The van der Waals surface area contributed by atoms with Crippen LogP contribution in [0.1, 0.15) is 6.30 Å². The zero-order valence-corrected chi connectivity index (χ0v) is 10.5. The number of aromatic nitrogens is 2. The van der Waals surface area contributed by atoms with Gasteiger partial charge in [0.1, 0.15) is 0 Å². The second-order valence-electron chi connectivity index (χ2n) is 4.46. The fourth-order valence-corrected chi connectivity index (χ4v) is 1.92. The topological polar surface area (TPSA) is 78.7 Å². The van der Waals surface area contributed by atoms with E-state index in [1.54, 1.807) is 0 Å². The van der Waals surface area contributed by atoms with Gasteiger partial charge in [-0.15, -0.1) is 0 Å². The first-order valence-electron chi connectivity index (χ1n) is 5.88. The first kappa shape index (κ1) is 13.5. The predicted octanol–water partition coefficient (Wildman–Crippen LogP) is -0.452. The zero-order chi connectivity index (χ0) is 14.0. The highest BCUT2D eigenvalue weighted by Gasteiger charge is 2.21. The number of anilines is 1. The predicted molar refractivity (Wildman–Crippen MR) is 66.0 cm³/mol. The van der Waals surface area contributed by atoms with Crippen molar-refractivity contribution in [3.63, 3.8) is 0 Å². The third-order valence-electron chi connectivity index (χ3n) is 3.10. The Morgan fingerprint density at radius 2 is 2.05 bits per heavy atom. The van der Waals surface area contributed by atoms with Gasteiger partial charge >= 0.3 is 5.97 Å². The number of piperazine rings is 1. The van der Waals surface area contributed by atoms with E-state index in [1.165, 1.54) is 12.3 Å². The largest absolute Gasteiger partial charge is 0.478 e. The second-order valence-corrected chi connectivity index (χ2v) is 4.46. The van der Waals surface area contributed by atoms with Gasteiger partial charge in [0.05, 0.1) is 11.9 Å². The van der Waals surface area contributed by atoms with Gasteiger partial charge in [-0.05, 0) is 7.05 Å². The lowest BCUT2D eigenvalue weighted by atomic mass is 10.3. The van der Waals surface area contributed by atoms with Crippen LogP contribution in [0.5, 0.6) is 0 Å². The van der Waals surface area contributed by atoms with Crippen LogP contribution in [0.25, 0.3) is 0 Å². The van der Waals surface area contributed by atoms with Gasteiger partial charge in [-0.2, -0.15) is 9.78 Å². The minimum Gasteiger partial charge on any atom is -0.478 e. The van der Waals surface area contributed by atoms with Crippen molar-refractivity contribution in [1.29, 1.82) is 0 Å². The van der Waals surface area contributed by atoms with Crippen molar-refractivity contribution in [3.05, 3.63) is 22.6 Å². The van der Waals surface area contributed by atoms with E-state index in [0.717, 1.165) is 26.2 Å². The Labute approximate surface area is 108 Å². The molecule has 19 heavy (non-hydrogen) atoms. The number of carbonyl (C=O) groups is 1. The monoisotopic (exact) mass is 270 g/mol. The fraction of sp³-hybridized carbons (Fsp3) is 0.545. The SMILES string of the molecule is CN1CCN(c2cnn(C(F)C(=O)O)c(=O)c2)CC1. The van der Waals surface area contributed by atoms with Crippen molar-refractivity contribution in [3.8, 4) is 0 Å². The standard InChI is InChI=1S/C11H15FN4O3/c1-14-2-4-15(5-3-14)8-6-9(17)16(13-7-8)10(12)11(18)19/h6-7,10H,2-5H2,1H3,(H,18,19). The molecule has 2 heterocycles. The summed E-state index contributed by atoms with van der Waals surface area (Å²) in [6.45, 7) is 3.23. The number of hydrogen-bond acceptors (Lipinski definition) is 5. The van der Waals surface area contributed by atoms with E-state index >= 15 is 0 Å². The van der Waals surface area contributed by atoms with Crippen molar-refractivity contribution < 1.29 is 14.3 Å². The molecule has 0 aliphatic carbocycles. The fourth-order valence-electron chi connectivity index (χ4n) is 1.92. The first-order chi connectivity index (χ1) is 8.99. The number of alkyl halides is 1. The smallest absolute Gasteiger partial charge is 0.361 e. The summed E-state index contributed by atoms with van der Waals surface area (Å²) in [5.41, 5.74) is -0.168. The van der Waals surface area contributed by atoms with Gasteiger partial charge in [0, 0.05) is 32.2 Å². The van der Waals surface area contributed by atoms with Gasteiger partial charge < -0.3 is 14.9 Å². The third kappa shape index (κ3) is 2.90. The lowest BCUT2D eigenvalue weighted by Gasteiger charge is -2.33. The number of aliphatic carboxylic acids is 1. The van der Waals surface area contributed by atoms with E-state index in [9.17, 15) is 14.0 Å². The van der Waals surface area contributed by atoms with Gasteiger partial charge in [-0.3, -0.25) is 4.79 Å². The Hall–Kier alpha value is -1.96. The summed E-state index contributed by atoms with van der Waals surface area (Å²) < 4.78 is 13.5. The zero-order valence-electron chi connectivity index (χ0n) is 10.5. The van der Waals surface area contributed by atoms with Crippen molar-refractivity contribution in [2.24, 2.45) is 0 Å². The minimum absolute atomic E-state index is 0.321. The molecule has 1 aliphatic heterocycles. The maximum Gasteiger partial charge on any atom is 0.361 e. The van der Waals surface area contributed by atoms with Crippen LogP contribution in [0.2, 0.25) is 0 Å². The van der Waals surface area contributed by atoms with Gasteiger partial charge in [-0.25, -0.2) is 9.18 Å². The number of carboxylic acid groups (broad SMARTS) is 1. The van der Waals surface area contributed by atoms with Crippen LogP contribution in [0.4, 0.5) is 10.1 Å². The van der Waals surface area contributed by atoms with Gasteiger partial charge in [0.15, 0.2) is 0 Å². The van der Waals surface area contributed by atoms with Crippen LogP contribution in [-0.4, -0.2) is 59.0 Å². The van der Waals surface area contributed by atoms with Gasteiger partial charge in [0.25, 0.3) is 11.9 Å². The summed E-state index contributed by atoms with van der Waals surface area (Å²) in [4.78, 5) is 26.3. The molecule has 8 heteroatoms. The van der Waals surface area contributed by atoms with E-state index in [1.807, 2.05) is 11.9 Å². The van der Waals surface area contributed by atoms with Crippen molar-refractivity contribution in [2.75, 3.05) is 38.1 Å². The molecular formula is C11H15FN4O3. The lowest BCUT2D eigenvalue weighted by molar-refractivity contribution is -0.147. The molecule has 1 saturated heterocycles. The van der Waals surface area contributed by atoms with Crippen LogP contribution in [-0.2, 0) is 4.79 Å². The summed E-state index contributed by atoms with van der Waals surface area (Å²) in [6.07, 6.45) is -1.13. The van der Waals surface area contributed by atoms with Crippen LogP contribution in [0.3, 0.4) is 0 Å². The Morgan fingerprint density at radius 3 is 2.58 bits per heavy atom. The maximum atomic E-state index is 13.2. The molecule has 2 rings (SSSR count). The third-order valence-corrected chi connectivity index (χ3v) is 3.10. The molecule has 1 N–H and O–H groups in total. The Balaban J connectivity index is 2.19. The molecule has 1 unspecified atom stereocenters. The number of hydrogen-bond donors (Lipinski definition) is 1. The summed E-state index contributed by atoms with van der Waals surface area (Å²) in [5.74, 6) is -1.73. The number of nitrogens with zero attached hydrogens (tertiary/aromatic N) is 4. The summed E-state index contributed by atoms with van der Waals surface area (Å²) in [6, 6.07) is 1.22. The Kier molecular flexibility index (Phi) is 3.79. The average Bonchev–Trinajstić information content (AvgIpc) is 2.38. The van der Waals surface area contributed by atoms with E-state index < -0.39 is 17.8 Å². The van der Waals surface area contributed by atoms with Crippen LogP contribution >= 0.6 is 0 Å². The molecule has 0 spiro atoms. The highest BCUT2D eigenvalue weighted by molar-refractivity contribution is 5.69. The lowest BCUT2D eigenvalue weighted by Crippen LogP contribution is -2.45. The minimum atomic E-state index is -2.45. The highest BCUT2D eigenvalue weighted by Crippen LogP contribution is 2.13. The normalized spacial score (nSPS) is 18.3. The molecule has 1 atom stereocenters. The van der Waals surface area contributed by atoms with Gasteiger partial charge in [-0.1, -0.05) is 0 Å². The Bertz CT molecular complexity index is 525. The maximum absolute atomic E-state index is 13.2. The van der Waals surface area contributed by atoms with Crippen molar-refractivity contribution >= 4 is 11.7 Å². The number of halogens is 1. The van der Waals surface area contributed by atoms with Crippen molar-refractivity contribution in [1.82, 2.24) is 14.7 Å². The quantitative estimate of drug-likeness (QED) is 0.801. The molecule has 1 aliphatic rings. The molecular weight excluding hydrogens is 255 g/mol. The summed E-state index contributed by atoms with van der Waals surface area (Å²) >= 11 is 0. The highest BCUT2D eigenvalue weighted by atomic mass is 19.1. The second kappa shape index (κ2) is 5.35. The van der Waals surface area contributed by atoms with Crippen molar-refractivity contribution in [2.45, 2.75) is 6.30 Å². The molecule has 104 valence electrons. The van der Waals surface area contributed by atoms with E-state index in [4.69, 9.17) is 5.11 Å². The molecule has 1 fully saturated rings. The van der Waals surface area contributed by atoms with Crippen LogP contribution in [0.15, 0.2) is 17.1 Å².